The van der Waals surface area contributed by atoms with Crippen molar-refractivity contribution in [2.75, 3.05) is 0 Å². The first-order chi connectivity index (χ1) is 13.9. The van der Waals surface area contributed by atoms with Gasteiger partial charge in [-0.25, -0.2) is 4.79 Å². The zero-order valence-corrected chi connectivity index (χ0v) is 16.8. The van der Waals surface area contributed by atoms with Crippen molar-refractivity contribution in [2.24, 2.45) is 0 Å². The van der Waals surface area contributed by atoms with Crippen LogP contribution in [-0.2, 0) is 0 Å². The molecule has 1 aliphatic rings. The first kappa shape index (κ1) is 19.2. The summed E-state index contributed by atoms with van der Waals surface area (Å²) in [5.74, 6) is 0.0413. The van der Waals surface area contributed by atoms with Crippen LogP contribution in [0.1, 0.15) is 31.8 Å². The van der Waals surface area contributed by atoms with E-state index in [0.29, 0.717) is 38.2 Å². The number of carbonyl (C=O) groups excluding carboxylic acids is 2. The van der Waals surface area contributed by atoms with Crippen LogP contribution in [0.15, 0.2) is 66.4 Å². The number of aryl methyl sites for hydroxylation is 1. The molecule has 0 fully saturated rings. The molecule has 0 saturated carbocycles. The molecule has 0 N–H and O–H groups in total. The molecule has 0 unspecified atom stereocenters. The molecule has 4 nitrogen and oxygen atoms in total. The van der Waals surface area contributed by atoms with Crippen LogP contribution in [0, 0.1) is 6.92 Å². The molecule has 0 saturated heterocycles. The van der Waals surface area contributed by atoms with Crippen molar-refractivity contribution < 1.29 is 19.1 Å². The largest absolute Gasteiger partial charge is 0.452 e. The number of hydrogen-bond donors (Lipinski definition) is 0. The number of ketones is 1. The molecule has 0 radical (unpaired) electrons. The molecule has 1 aliphatic heterocycles. The standard InChI is InChI=1S/C23H14Cl2O4/c1-13-4-2-3-5-16(13)23(27)28-15-7-8-17-20(12-15)29-21(22(17)26)11-14-6-9-18(24)19(25)10-14/h2-12H,1H3. The van der Waals surface area contributed by atoms with Crippen LogP contribution in [0.2, 0.25) is 10.0 Å². The molecule has 4 rings (SSSR count). The van der Waals surface area contributed by atoms with Gasteiger partial charge >= 0.3 is 5.97 Å². The molecule has 3 aromatic carbocycles. The van der Waals surface area contributed by atoms with Crippen LogP contribution in [0.3, 0.4) is 0 Å². The Bertz CT molecular complexity index is 1180. The fourth-order valence-electron chi connectivity index (χ4n) is 2.95. The summed E-state index contributed by atoms with van der Waals surface area (Å²) in [7, 11) is 0. The van der Waals surface area contributed by atoms with E-state index in [9.17, 15) is 9.59 Å². The molecule has 0 spiro atoms. The normalized spacial score (nSPS) is 13.9. The van der Waals surface area contributed by atoms with Gasteiger partial charge in [-0.05, 0) is 54.5 Å². The SMILES string of the molecule is Cc1ccccc1C(=O)Oc1ccc2c(c1)OC(=Cc1ccc(Cl)c(Cl)c1)C2=O. The summed E-state index contributed by atoms with van der Waals surface area (Å²) in [6.45, 7) is 1.83. The highest BCUT2D eigenvalue weighted by atomic mass is 35.5. The number of fused-ring (bicyclic) bond motifs is 1. The minimum Gasteiger partial charge on any atom is -0.452 e. The fourth-order valence-corrected chi connectivity index (χ4v) is 3.25. The lowest BCUT2D eigenvalue weighted by Crippen LogP contribution is -2.10. The maximum atomic E-state index is 12.6. The van der Waals surface area contributed by atoms with E-state index >= 15 is 0 Å². The number of halogens is 2. The van der Waals surface area contributed by atoms with Crippen molar-refractivity contribution in [1.29, 1.82) is 0 Å². The predicted octanol–water partition coefficient (Wildman–Crippen LogP) is 6.14. The van der Waals surface area contributed by atoms with Crippen molar-refractivity contribution in [2.45, 2.75) is 6.92 Å². The van der Waals surface area contributed by atoms with E-state index in [4.69, 9.17) is 32.7 Å². The van der Waals surface area contributed by atoms with Gasteiger partial charge in [0.05, 0.1) is 21.2 Å². The molecular weight excluding hydrogens is 411 g/mol. The molecule has 3 aromatic rings. The number of ether oxygens (including phenoxy) is 2. The van der Waals surface area contributed by atoms with Crippen LogP contribution < -0.4 is 9.47 Å². The van der Waals surface area contributed by atoms with Gasteiger partial charge in [-0.3, -0.25) is 4.79 Å². The molecule has 0 amide bonds. The predicted molar refractivity (Wildman–Crippen MR) is 112 cm³/mol. The van der Waals surface area contributed by atoms with Gasteiger partial charge in [0, 0.05) is 6.07 Å². The van der Waals surface area contributed by atoms with Crippen LogP contribution in [0.25, 0.3) is 6.08 Å². The first-order valence-corrected chi connectivity index (χ1v) is 9.49. The smallest absolute Gasteiger partial charge is 0.343 e. The molecule has 144 valence electrons. The van der Waals surface area contributed by atoms with Crippen molar-refractivity contribution in [3.05, 3.63) is 98.7 Å². The van der Waals surface area contributed by atoms with Crippen molar-refractivity contribution >= 4 is 41.0 Å². The Morgan fingerprint density at radius 3 is 2.55 bits per heavy atom. The van der Waals surface area contributed by atoms with E-state index in [1.54, 1.807) is 48.5 Å². The molecule has 1 heterocycles. The molecule has 0 bridgehead atoms. The highest BCUT2D eigenvalue weighted by Crippen LogP contribution is 2.35. The maximum absolute atomic E-state index is 12.6. The van der Waals surface area contributed by atoms with Gasteiger partial charge in [-0.15, -0.1) is 0 Å². The second-order valence-corrected chi connectivity index (χ2v) is 7.29. The maximum Gasteiger partial charge on any atom is 0.343 e. The van der Waals surface area contributed by atoms with E-state index < -0.39 is 5.97 Å². The average Bonchev–Trinajstić information content (AvgIpc) is 3.00. The monoisotopic (exact) mass is 424 g/mol. The number of hydrogen-bond acceptors (Lipinski definition) is 4. The third kappa shape index (κ3) is 3.90. The summed E-state index contributed by atoms with van der Waals surface area (Å²) in [5, 5.41) is 0.810. The highest BCUT2D eigenvalue weighted by molar-refractivity contribution is 6.42. The van der Waals surface area contributed by atoms with Gasteiger partial charge in [0.1, 0.15) is 11.5 Å². The summed E-state index contributed by atoms with van der Waals surface area (Å²) in [6, 6.07) is 16.8. The molecule has 0 aromatic heterocycles. The van der Waals surface area contributed by atoms with E-state index in [-0.39, 0.29) is 11.5 Å². The number of rotatable bonds is 3. The zero-order chi connectivity index (χ0) is 20.5. The van der Waals surface area contributed by atoms with Gasteiger partial charge in [0.2, 0.25) is 5.78 Å². The molecular formula is C23H14Cl2O4. The Labute approximate surface area is 177 Å². The Kier molecular flexibility index (Phi) is 5.14. The minimum atomic E-state index is -0.473. The summed E-state index contributed by atoms with van der Waals surface area (Å²) in [4.78, 5) is 25.0. The van der Waals surface area contributed by atoms with E-state index in [1.807, 2.05) is 19.1 Å². The average molecular weight is 425 g/mol. The molecule has 0 aliphatic carbocycles. The first-order valence-electron chi connectivity index (χ1n) is 8.73. The minimum absolute atomic E-state index is 0.153. The van der Waals surface area contributed by atoms with E-state index in [1.165, 1.54) is 6.07 Å². The molecule has 6 heteroatoms. The Balaban J connectivity index is 1.57. The van der Waals surface area contributed by atoms with Crippen LogP contribution in [-0.4, -0.2) is 11.8 Å². The summed E-state index contributed by atoms with van der Waals surface area (Å²) in [5.41, 5.74) is 2.37. The number of benzene rings is 3. The number of esters is 1. The third-order valence-electron chi connectivity index (χ3n) is 4.46. The quantitative estimate of drug-likeness (QED) is 0.288. The van der Waals surface area contributed by atoms with Gasteiger partial charge in [-0.1, -0.05) is 47.5 Å². The topological polar surface area (TPSA) is 52.6 Å². The van der Waals surface area contributed by atoms with Gasteiger partial charge in [0.15, 0.2) is 5.76 Å². The lowest BCUT2D eigenvalue weighted by atomic mass is 10.1. The summed E-state index contributed by atoms with van der Waals surface area (Å²) >= 11 is 11.9. The van der Waals surface area contributed by atoms with Crippen LogP contribution >= 0.6 is 23.2 Å². The lowest BCUT2D eigenvalue weighted by Gasteiger charge is -2.07. The molecule has 29 heavy (non-hydrogen) atoms. The van der Waals surface area contributed by atoms with Crippen LogP contribution in [0.5, 0.6) is 11.5 Å². The zero-order valence-electron chi connectivity index (χ0n) is 15.2. The van der Waals surface area contributed by atoms with Crippen LogP contribution in [0.4, 0.5) is 0 Å². The second-order valence-electron chi connectivity index (χ2n) is 6.48. The van der Waals surface area contributed by atoms with Gasteiger partial charge < -0.3 is 9.47 Å². The van der Waals surface area contributed by atoms with E-state index in [0.717, 1.165) is 5.56 Å². The third-order valence-corrected chi connectivity index (χ3v) is 5.20. The highest BCUT2D eigenvalue weighted by Gasteiger charge is 2.28. The lowest BCUT2D eigenvalue weighted by molar-refractivity contribution is 0.0733. The number of Topliss-reactive ketones (excluding diaryl/α,β-unsaturated/α-hetero) is 1. The Morgan fingerprint density at radius 1 is 1.00 bits per heavy atom. The van der Waals surface area contributed by atoms with Crippen molar-refractivity contribution in [1.82, 2.24) is 0 Å². The van der Waals surface area contributed by atoms with E-state index in [2.05, 4.69) is 0 Å². The van der Waals surface area contributed by atoms with Gasteiger partial charge in [-0.2, -0.15) is 0 Å². The molecule has 0 atom stereocenters. The second kappa shape index (κ2) is 7.74. The number of carbonyl (C=O) groups is 2. The summed E-state index contributed by atoms with van der Waals surface area (Å²) in [6.07, 6.45) is 1.59. The Morgan fingerprint density at radius 2 is 1.79 bits per heavy atom. The Hall–Kier alpha value is -3.08. The number of allylic oxidation sites excluding steroid dienone is 1. The van der Waals surface area contributed by atoms with Gasteiger partial charge in [0.25, 0.3) is 0 Å². The van der Waals surface area contributed by atoms with Crippen molar-refractivity contribution in [3.8, 4) is 11.5 Å². The van der Waals surface area contributed by atoms with Crippen molar-refractivity contribution in [3.63, 3.8) is 0 Å². The summed E-state index contributed by atoms with van der Waals surface area (Å²) < 4.78 is 11.1. The fraction of sp³-hybridized carbons (Fsp3) is 0.0435.